The summed E-state index contributed by atoms with van der Waals surface area (Å²) in [5, 5.41) is 0.867. The number of thioether (sulfide) groups is 1. The van der Waals surface area contributed by atoms with Gasteiger partial charge in [0.15, 0.2) is 5.17 Å². The second-order valence-electron chi connectivity index (χ2n) is 4.56. The average molecular weight is 337 g/mol. The van der Waals surface area contributed by atoms with E-state index in [0.717, 1.165) is 28.3 Å². The molecule has 0 N–H and O–H groups in total. The highest BCUT2D eigenvalue weighted by Gasteiger charge is 2.27. The van der Waals surface area contributed by atoms with E-state index in [-0.39, 0.29) is 5.91 Å². The molecule has 3 nitrogen and oxygen atoms in total. The molecule has 0 aliphatic carbocycles. The molecule has 0 atom stereocenters. The first kappa shape index (κ1) is 12.9. The van der Waals surface area contributed by atoms with E-state index in [1.807, 2.05) is 30.3 Å². The normalized spacial score (nSPS) is 21.3. The van der Waals surface area contributed by atoms with Crippen molar-refractivity contribution in [3.8, 4) is 0 Å². The van der Waals surface area contributed by atoms with E-state index in [2.05, 4.69) is 25.8 Å². The summed E-state index contributed by atoms with van der Waals surface area (Å²) in [5.74, 6) is -0.116. The number of hydrogen-bond donors (Lipinski definition) is 0. The van der Waals surface area contributed by atoms with Crippen LogP contribution in [0.3, 0.4) is 0 Å². The van der Waals surface area contributed by atoms with Gasteiger partial charge in [-0.2, -0.15) is 4.99 Å². The van der Waals surface area contributed by atoms with Gasteiger partial charge in [0, 0.05) is 17.6 Å². The van der Waals surface area contributed by atoms with Gasteiger partial charge in [-0.1, -0.05) is 28.1 Å². The Bertz CT molecular complexity index is 559. The minimum Gasteiger partial charge on any atom is -0.351 e. The van der Waals surface area contributed by atoms with E-state index in [9.17, 15) is 4.79 Å². The van der Waals surface area contributed by atoms with Crippen molar-refractivity contribution in [2.45, 2.75) is 12.8 Å². The van der Waals surface area contributed by atoms with Gasteiger partial charge < -0.3 is 4.90 Å². The summed E-state index contributed by atoms with van der Waals surface area (Å²) < 4.78 is 1.04. The Hall–Kier alpha value is -1.07. The minimum atomic E-state index is -0.116. The highest BCUT2D eigenvalue weighted by Crippen LogP contribution is 2.31. The number of amides is 1. The van der Waals surface area contributed by atoms with Crippen LogP contribution in [0.2, 0.25) is 0 Å². The number of amidine groups is 1. The van der Waals surface area contributed by atoms with Crippen LogP contribution in [-0.2, 0) is 4.79 Å². The Kier molecular flexibility index (Phi) is 3.75. The molecule has 5 heteroatoms. The number of nitrogens with zero attached hydrogens (tertiary/aromatic N) is 2. The smallest absolute Gasteiger partial charge is 0.286 e. The van der Waals surface area contributed by atoms with Gasteiger partial charge >= 0.3 is 0 Å². The van der Waals surface area contributed by atoms with E-state index >= 15 is 0 Å². The molecule has 2 heterocycles. The van der Waals surface area contributed by atoms with Crippen molar-refractivity contribution >= 4 is 44.8 Å². The molecule has 1 saturated heterocycles. The van der Waals surface area contributed by atoms with E-state index < -0.39 is 0 Å². The molecule has 19 heavy (non-hydrogen) atoms. The predicted octanol–water partition coefficient (Wildman–Crippen LogP) is 3.52. The zero-order valence-corrected chi connectivity index (χ0v) is 12.7. The van der Waals surface area contributed by atoms with Crippen molar-refractivity contribution in [1.82, 2.24) is 4.90 Å². The summed E-state index contributed by atoms with van der Waals surface area (Å²) in [4.78, 5) is 19.0. The molecule has 0 spiro atoms. The first-order chi connectivity index (χ1) is 9.22. The van der Waals surface area contributed by atoms with Crippen LogP contribution < -0.4 is 0 Å². The molecule has 0 radical (unpaired) electrons. The molecule has 3 rings (SSSR count). The molecule has 0 saturated carbocycles. The Labute approximate surface area is 124 Å². The summed E-state index contributed by atoms with van der Waals surface area (Å²) in [5.41, 5.74) is 1.02. The number of carbonyl (C=O) groups excluding carboxylic acids is 1. The summed E-state index contributed by atoms with van der Waals surface area (Å²) in [7, 11) is 0. The first-order valence-corrected chi connectivity index (χ1v) is 7.86. The molecule has 98 valence electrons. The van der Waals surface area contributed by atoms with Crippen LogP contribution in [-0.4, -0.2) is 29.1 Å². The fourth-order valence-corrected chi connectivity index (χ4v) is 3.38. The number of halogens is 1. The molecular formula is C14H13BrN2OS. The number of rotatable bonds is 1. The number of hydrogen-bond acceptors (Lipinski definition) is 3. The highest BCUT2D eigenvalue weighted by atomic mass is 79.9. The SMILES string of the molecule is O=C1N=C(N2CCCC2)S/C1=C/c1ccc(Br)cc1. The summed E-state index contributed by atoms with van der Waals surface area (Å²) in [6.45, 7) is 2.04. The van der Waals surface area contributed by atoms with Crippen LogP contribution in [0.15, 0.2) is 38.6 Å². The van der Waals surface area contributed by atoms with Gasteiger partial charge in [0.1, 0.15) is 0 Å². The summed E-state index contributed by atoms with van der Waals surface area (Å²) >= 11 is 4.89. The topological polar surface area (TPSA) is 32.7 Å². The maximum absolute atomic E-state index is 11.9. The van der Waals surface area contributed by atoms with Crippen molar-refractivity contribution in [2.24, 2.45) is 4.99 Å². The van der Waals surface area contributed by atoms with Crippen molar-refractivity contribution in [2.75, 3.05) is 13.1 Å². The molecule has 1 amide bonds. The molecule has 2 aliphatic rings. The van der Waals surface area contributed by atoms with Crippen LogP contribution in [0.1, 0.15) is 18.4 Å². The van der Waals surface area contributed by atoms with Gasteiger partial charge in [0.05, 0.1) is 4.91 Å². The lowest BCUT2D eigenvalue weighted by Crippen LogP contribution is -2.23. The molecule has 1 aromatic carbocycles. The third kappa shape index (κ3) is 2.92. The zero-order chi connectivity index (χ0) is 13.2. The quantitative estimate of drug-likeness (QED) is 0.735. The summed E-state index contributed by atoms with van der Waals surface area (Å²) in [6, 6.07) is 7.91. The van der Waals surface area contributed by atoms with Gasteiger partial charge in [0.2, 0.25) is 0 Å². The molecule has 0 bridgehead atoms. The number of carbonyl (C=O) groups is 1. The minimum absolute atomic E-state index is 0.116. The third-order valence-corrected chi connectivity index (χ3v) is 4.73. The van der Waals surface area contributed by atoms with Crippen LogP contribution in [0, 0.1) is 0 Å². The van der Waals surface area contributed by atoms with Gasteiger partial charge in [-0.3, -0.25) is 4.79 Å². The lowest BCUT2D eigenvalue weighted by atomic mass is 10.2. The fraction of sp³-hybridized carbons (Fsp3) is 0.286. The van der Waals surface area contributed by atoms with Crippen molar-refractivity contribution in [3.63, 3.8) is 0 Å². The molecule has 1 fully saturated rings. The van der Waals surface area contributed by atoms with Crippen molar-refractivity contribution in [1.29, 1.82) is 0 Å². The van der Waals surface area contributed by atoms with Crippen molar-refractivity contribution in [3.05, 3.63) is 39.2 Å². The van der Waals surface area contributed by atoms with E-state index in [0.29, 0.717) is 4.91 Å². The van der Waals surface area contributed by atoms with Crippen molar-refractivity contribution < 1.29 is 4.79 Å². The maximum Gasteiger partial charge on any atom is 0.286 e. The second-order valence-corrected chi connectivity index (χ2v) is 6.48. The average Bonchev–Trinajstić information content (AvgIpc) is 3.03. The fourth-order valence-electron chi connectivity index (χ4n) is 2.15. The van der Waals surface area contributed by atoms with Crippen LogP contribution in [0.25, 0.3) is 6.08 Å². The maximum atomic E-state index is 11.9. The Morgan fingerprint density at radius 3 is 2.58 bits per heavy atom. The largest absolute Gasteiger partial charge is 0.351 e. The Morgan fingerprint density at radius 2 is 1.89 bits per heavy atom. The predicted molar refractivity (Wildman–Crippen MR) is 83.0 cm³/mol. The van der Waals surface area contributed by atoms with Gasteiger partial charge in [-0.25, -0.2) is 0 Å². The Balaban J connectivity index is 1.77. The lowest BCUT2D eigenvalue weighted by molar-refractivity contribution is -0.113. The van der Waals surface area contributed by atoms with Gasteiger partial charge in [-0.05, 0) is 48.4 Å². The van der Waals surface area contributed by atoms with Crippen LogP contribution in [0.4, 0.5) is 0 Å². The first-order valence-electron chi connectivity index (χ1n) is 6.25. The van der Waals surface area contributed by atoms with E-state index in [1.165, 1.54) is 24.6 Å². The Morgan fingerprint density at radius 1 is 1.21 bits per heavy atom. The third-order valence-electron chi connectivity index (χ3n) is 3.15. The number of benzene rings is 1. The highest BCUT2D eigenvalue weighted by molar-refractivity contribution is 9.10. The summed E-state index contributed by atoms with van der Waals surface area (Å²) in [6.07, 6.45) is 4.30. The number of aliphatic imine (C=N–C) groups is 1. The van der Waals surface area contributed by atoms with Crippen LogP contribution >= 0.6 is 27.7 Å². The van der Waals surface area contributed by atoms with E-state index in [4.69, 9.17) is 0 Å². The van der Waals surface area contributed by atoms with Gasteiger partial charge in [0.25, 0.3) is 5.91 Å². The lowest BCUT2D eigenvalue weighted by Gasteiger charge is -2.14. The van der Waals surface area contributed by atoms with Gasteiger partial charge in [-0.15, -0.1) is 0 Å². The van der Waals surface area contributed by atoms with Crippen LogP contribution in [0.5, 0.6) is 0 Å². The van der Waals surface area contributed by atoms with E-state index in [1.54, 1.807) is 0 Å². The molecular weight excluding hydrogens is 324 g/mol. The number of likely N-dealkylation sites (tertiary alicyclic amines) is 1. The molecule has 2 aliphatic heterocycles. The molecule has 0 aromatic heterocycles. The molecule has 1 aromatic rings. The molecule has 0 unspecified atom stereocenters. The standard InChI is InChI=1S/C14H13BrN2OS/c15-11-5-3-10(4-6-11)9-12-13(18)16-14(19-12)17-7-1-2-8-17/h3-6,9H,1-2,7-8H2/b12-9+. The monoisotopic (exact) mass is 336 g/mol. The zero-order valence-electron chi connectivity index (χ0n) is 10.3. The second kappa shape index (κ2) is 5.51.